The summed E-state index contributed by atoms with van der Waals surface area (Å²) in [7, 11) is 0. The number of guanidine groups is 1. The summed E-state index contributed by atoms with van der Waals surface area (Å²) < 4.78 is 0. The highest BCUT2D eigenvalue weighted by atomic mass is 16.4. The van der Waals surface area contributed by atoms with E-state index < -0.39 is 54.0 Å². The first kappa shape index (κ1) is 31.3. The largest absolute Gasteiger partial charge is 0.480 e. The van der Waals surface area contributed by atoms with Crippen LogP contribution in [-0.4, -0.2) is 76.7 Å². The summed E-state index contributed by atoms with van der Waals surface area (Å²) in [4.78, 5) is 53.9. The molecule has 0 fully saturated rings. The van der Waals surface area contributed by atoms with Gasteiger partial charge >= 0.3 is 5.97 Å². The molecule has 0 aliphatic carbocycles. The number of aliphatic hydroxyl groups is 1. The van der Waals surface area contributed by atoms with Gasteiger partial charge in [-0.25, -0.2) is 4.79 Å². The van der Waals surface area contributed by atoms with E-state index in [-0.39, 0.29) is 24.7 Å². The number of nitrogens with zero attached hydrogens (tertiary/aromatic N) is 1. The molecule has 5 unspecified atom stereocenters. The minimum Gasteiger partial charge on any atom is -0.480 e. The summed E-state index contributed by atoms with van der Waals surface area (Å²) in [5.41, 5.74) is 17.1. The smallest absolute Gasteiger partial charge is 0.326 e. The highest BCUT2D eigenvalue weighted by Crippen LogP contribution is 2.07. The lowest BCUT2D eigenvalue weighted by Crippen LogP contribution is -2.61. The summed E-state index contributed by atoms with van der Waals surface area (Å²) >= 11 is 0. The van der Waals surface area contributed by atoms with Crippen molar-refractivity contribution in [3.8, 4) is 0 Å². The molecule has 0 aliphatic heterocycles. The molecular weight excluding hydrogens is 482 g/mol. The Morgan fingerprint density at radius 3 is 2.00 bits per heavy atom. The zero-order valence-corrected chi connectivity index (χ0v) is 21.4. The number of amides is 3. The van der Waals surface area contributed by atoms with E-state index in [1.54, 1.807) is 44.2 Å². The molecule has 37 heavy (non-hydrogen) atoms. The Balaban J connectivity index is 2.85. The lowest BCUT2D eigenvalue weighted by Gasteiger charge is -2.28. The molecule has 1 aromatic carbocycles. The predicted octanol–water partition coefficient (Wildman–Crippen LogP) is -1.81. The van der Waals surface area contributed by atoms with Crippen LogP contribution in [0.3, 0.4) is 0 Å². The molecule has 0 radical (unpaired) electrons. The Labute approximate surface area is 216 Å². The zero-order valence-electron chi connectivity index (χ0n) is 21.4. The van der Waals surface area contributed by atoms with Crippen molar-refractivity contribution in [1.29, 1.82) is 0 Å². The van der Waals surface area contributed by atoms with Crippen molar-refractivity contribution in [3.63, 3.8) is 0 Å². The maximum Gasteiger partial charge on any atom is 0.326 e. The first-order valence-corrected chi connectivity index (χ1v) is 12.0. The summed E-state index contributed by atoms with van der Waals surface area (Å²) in [6, 6.07) is 3.96. The Kier molecular flexibility index (Phi) is 13.0. The molecule has 0 saturated carbocycles. The van der Waals surface area contributed by atoms with Crippen molar-refractivity contribution >= 4 is 29.7 Å². The summed E-state index contributed by atoms with van der Waals surface area (Å²) in [6.45, 7) is 4.95. The maximum absolute atomic E-state index is 13.0. The molecule has 0 spiro atoms. The Morgan fingerprint density at radius 1 is 0.919 bits per heavy atom. The molecule has 206 valence electrons. The molecule has 0 aromatic heterocycles. The van der Waals surface area contributed by atoms with Gasteiger partial charge in [0, 0.05) is 13.0 Å². The van der Waals surface area contributed by atoms with Gasteiger partial charge in [-0.15, -0.1) is 0 Å². The summed E-state index contributed by atoms with van der Waals surface area (Å²) in [5, 5.41) is 27.1. The van der Waals surface area contributed by atoms with Gasteiger partial charge in [0.05, 0.1) is 12.1 Å². The van der Waals surface area contributed by atoms with E-state index in [0.717, 1.165) is 0 Å². The molecule has 13 nitrogen and oxygen atoms in total. The van der Waals surface area contributed by atoms with Crippen LogP contribution in [0.4, 0.5) is 0 Å². The number of aliphatic hydroxyl groups excluding tert-OH is 1. The number of rotatable bonds is 15. The number of carbonyl (C=O) groups is 4. The molecule has 0 bridgehead atoms. The second-order valence-electron chi connectivity index (χ2n) is 9.10. The predicted molar refractivity (Wildman–Crippen MR) is 138 cm³/mol. The molecule has 11 N–H and O–H groups in total. The van der Waals surface area contributed by atoms with Gasteiger partial charge in [-0.05, 0) is 31.2 Å². The molecule has 1 rings (SSSR count). The second kappa shape index (κ2) is 15.4. The number of aliphatic carboxylic acids is 1. The van der Waals surface area contributed by atoms with Crippen molar-refractivity contribution in [2.24, 2.45) is 28.1 Å². The standard InChI is InChI=1S/C24H39N7O6/c1-13(2)18(30-20(33)16(25)10-7-11-28-24(26)27)21(34)31-19(14(3)32)22(35)29-17(23(36)37)12-15-8-5-4-6-9-15/h4-6,8-9,13-14,16-19,32H,7,10-12,25H2,1-3H3,(H,29,35)(H,30,33)(H,31,34)(H,36,37)(H4,26,27,28). The van der Waals surface area contributed by atoms with Crippen LogP contribution in [0.15, 0.2) is 35.3 Å². The molecule has 0 saturated heterocycles. The fraction of sp³-hybridized carbons (Fsp3) is 0.542. The quantitative estimate of drug-likeness (QED) is 0.0736. The Hall–Kier alpha value is -3.71. The first-order chi connectivity index (χ1) is 17.3. The summed E-state index contributed by atoms with van der Waals surface area (Å²) in [5.74, 6) is -3.91. The number of nitrogens with two attached hydrogens (primary N) is 3. The summed E-state index contributed by atoms with van der Waals surface area (Å²) in [6.07, 6.45) is -0.625. The average Bonchev–Trinajstić information content (AvgIpc) is 2.82. The monoisotopic (exact) mass is 521 g/mol. The Bertz CT molecular complexity index is 935. The van der Waals surface area contributed by atoms with Crippen LogP contribution in [0.1, 0.15) is 39.2 Å². The van der Waals surface area contributed by atoms with E-state index in [1.165, 1.54) is 6.92 Å². The van der Waals surface area contributed by atoms with Crippen molar-refractivity contribution in [1.82, 2.24) is 16.0 Å². The van der Waals surface area contributed by atoms with E-state index >= 15 is 0 Å². The van der Waals surface area contributed by atoms with E-state index in [9.17, 15) is 29.4 Å². The number of nitrogens with one attached hydrogen (secondary N) is 3. The minimum atomic E-state index is -1.46. The molecule has 1 aromatic rings. The van der Waals surface area contributed by atoms with Crippen LogP contribution in [0.5, 0.6) is 0 Å². The highest BCUT2D eigenvalue weighted by molar-refractivity contribution is 5.94. The van der Waals surface area contributed by atoms with Crippen molar-refractivity contribution in [2.75, 3.05) is 6.54 Å². The van der Waals surface area contributed by atoms with Gasteiger partial charge in [0.1, 0.15) is 18.1 Å². The van der Waals surface area contributed by atoms with Gasteiger partial charge < -0.3 is 43.4 Å². The molecule has 3 amide bonds. The lowest BCUT2D eigenvalue weighted by molar-refractivity contribution is -0.143. The molecular formula is C24H39N7O6. The average molecular weight is 522 g/mol. The first-order valence-electron chi connectivity index (χ1n) is 12.0. The minimum absolute atomic E-state index is 0.00807. The second-order valence-corrected chi connectivity index (χ2v) is 9.10. The maximum atomic E-state index is 13.0. The van der Waals surface area contributed by atoms with Gasteiger partial charge in [-0.3, -0.25) is 19.4 Å². The number of carbonyl (C=O) groups excluding carboxylic acids is 3. The van der Waals surface area contributed by atoms with Crippen LogP contribution < -0.4 is 33.2 Å². The van der Waals surface area contributed by atoms with Crippen LogP contribution >= 0.6 is 0 Å². The number of aliphatic imine (C=N–C) groups is 1. The number of carboxylic acid groups (broad SMARTS) is 1. The van der Waals surface area contributed by atoms with E-state index in [1.807, 2.05) is 0 Å². The molecule has 0 aliphatic rings. The van der Waals surface area contributed by atoms with E-state index in [4.69, 9.17) is 17.2 Å². The lowest BCUT2D eigenvalue weighted by atomic mass is 10.0. The normalized spacial score (nSPS) is 15.0. The van der Waals surface area contributed by atoms with Crippen molar-refractivity contribution in [2.45, 2.75) is 70.3 Å². The fourth-order valence-corrected chi connectivity index (χ4v) is 3.41. The van der Waals surface area contributed by atoms with E-state index in [0.29, 0.717) is 18.5 Å². The van der Waals surface area contributed by atoms with Gasteiger partial charge in [0.2, 0.25) is 17.7 Å². The molecule has 0 heterocycles. The molecule has 13 heteroatoms. The van der Waals surface area contributed by atoms with Crippen molar-refractivity contribution in [3.05, 3.63) is 35.9 Å². The number of hydrogen-bond donors (Lipinski definition) is 8. The third-order valence-corrected chi connectivity index (χ3v) is 5.51. The van der Waals surface area contributed by atoms with Crippen molar-refractivity contribution < 1.29 is 29.4 Å². The fourth-order valence-electron chi connectivity index (χ4n) is 3.41. The number of benzene rings is 1. The number of carboxylic acids is 1. The topological polar surface area (TPSA) is 235 Å². The molecule has 5 atom stereocenters. The van der Waals surface area contributed by atoms with E-state index in [2.05, 4.69) is 20.9 Å². The van der Waals surface area contributed by atoms with Gasteiger partial charge in [-0.1, -0.05) is 44.2 Å². The Morgan fingerprint density at radius 2 is 1.49 bits per heavy atom. The highest BCUT2D eigenvalue weighted by Gasteiger charge is 2.33. The van der Waals surface area contributed by atoms with Crippen LogP contribution in [0.25, 0.3) is 0 Å². The van der Waals surface area contributed by atoms with Crippen LogP contribution in [0, 0.1) is 5.92 Å². The third-order valence-electron chi connectivity index (χ3n) is 5.51. The SMILES string of the molecule is CC(C)C(NC(=O)C(N)CCCN=C(N)N)C(=O)NC(C(=O)NC(Cc1ccccc1)C(=O)O)C(C)O. The number of hydrogen-bond acceptors (Lipinski definition) is 7. The van der Waals surface area contributed by atoms with Gasteiger partial charge in [-0.2, -0.15) is 0 Å². The van der Waals surface area contributed by atoms with Gasteiger partial charge in [0.15, 0.2) is 5.96 Å². The van der Waals surface area contributed by atoms with Crippen LogP contribution in [-0.2, 0) is 25.6 Å². The zero-order chi connectivity index (χ0) is 28.1. The van der Waals surface area contributed by atoms with Crippen LogP contribution in [0.2, 0.25) is 0 Å². The third kappa shape index (κ3) is 11.3. The van der Waals surface area contributed by atoms with Gasteiger partial charge in [0.25, 0.3) is 0 Å².